The molecular weight excluding hydrogens is 258 g/mol. The minimum atomic E-state index is 0.377. The minimum absolute atomic E-state index is 0.377. The van der Waals surface area contributed by atoms with Gasteiger partial charge in [-0.25, -0.2) is 4.98 Å². The van der Waals surface area contributed by atoms with E-state index in [1.165, 1.54) is 0 Å². The maximum Gasteiger partial charge on any atom is 0.315 e. The molecular formula is C13H21N5O2. The van der Waals surface area contributed by atoms with Gasteiger partial charge in [0.15, 0.2) is 0 Å². The van der Waals surface area contributed by atoms with E-state index in [1.54, 1.807) is 6.20 Å². The van der Waals surface area contributed by atoms with E-state index >= 15 is 0 Å². The molecule has 0 aliphatic rings. The van der Waals surface area contributed by atoms with Gasteiger partial charge in [0.25, 0.3) is 0 Å². The Balaban J connectivity index is 1.77. The molecule has 2 aromatic heterocycles. The van der Waals surface area contributed by atoms with Crippen molar-refractivity contribution in [1.29, 1.82) is 0 Å². The second-order valence-electron chi connectivity index (χ2n) is 4.95. The summed E-state index contributed by atoms with van der Waals surface area (Å²) >= 11 is 0. The van der Waals surface area contributed by atoms with Gasteiger partial charge in [-0.3, -0.25) is 0 Å². The predicted molar refractivity (Wildman–Crippen MR) is 74.1 cm³/mol. The highest BCUT2D eigenvalue weighted by molar-refractivity contribution is 5.17. The molecule has 0 fully saturated rings. The van der Waals surface area contributed by atoms with Gasteiger partial charge in [0.05, 0.1) is 19.3 Å². The van der Waals surface area contributed by atoms with E-state index in [2.05, 4.69) is 39.7 Å². The molecule has 2 rings (SSSR count). The number of hydrogen-bond acceptors (Lipinski definition) is 7. The zero-order valence-corrected chi connectivity index (χ0v) is 12.1. The van der Waals surface area contributed by atoms with Crippen LogP contribution in [0.3, 0.4) is 0 Å². The van der Waals surface area contributed by atoms with Crippen LogP contribution >= 0.6 is 0 Å². The molecule has 0 unspecified atom stereocenters. The SMILES string of the molecule is CCc1cnc(CNc2nnc(CNCC(C)C)o2)o1. The smallest absolute Gasteiger partial charge is 0.315 e. The van der Waals surface area contributed by atoms with Crippen LogP contribution in [-0.4, -0.2) is 21.7 Å². The van der Waals surface area contributed by atoms with Crippen LogP contribution in [0.15, 0.2) is 15.0 Å². The lowest BCUT2D eigenvalue weighted by atomic mass is 10.2. The van der Waals surface area contributed by atoms with E-state index in [1.807, 2.05) is 6.92 Å². The Morgan fingerprint density at radius 2 is 2.00 bits per heavy atom. The first-order valence-electron chi connectivity index (χ1n) is 6.88. The second kappa shape index (κ2) is 7.04. The van der Waals surface area contributed by atoms with E-state index in [0.29, 0.717) is 36.8 Å². The van der Waals surface area contributed by atoms with Gasteiger partial charge in [-0.15, -0.1) is 5.10 Å². The first kappa shape index (κ1) is 14.5. The number of hydrogen-bond donors (Lipinski definition) is 2. The van der Waals surface area contributed by atoms with Crippen molar-refractivity contribution in [2.75, 3.05) is 11.9 Å². The number of rotatable bonds is 8. The minimum Gasteiger partial charge on any atom is -0.444 e. The molecule has 2 heterocycles. The normalized spacial score (nSPS) is 11.2. The van der Waals surface area contributed by atoms with Crippen molar-refractivity contribution in [2.24, 2.45) is 5.92 Å². The molecule has 2 aromatic rings. The third-order valence-corrected chi connectivity index (χ3v) is 2.64. The highest BCUT2D eigenvalue weighted by Crippen LogP contribution is 2.09. The van der Waals surface area contributed by atoms with Crippen LogP contribution in [0.25, 0.3) is 0 Å². The van der Waals surface area contributed by atoms with Crippen molar-refractivity contribution in [1.82, 2.24) is 20.5 Å². The zero-order valence-electron chi connectivity index (χ0n) is 12.1. The van der Waals surface area contributed by atoms with Crippen molar-refractivity contribution in [2.45, 2.75) is 40.3 Å². The molecule has 0 amide bonds. The van der Waals surface area contributed by atoms with Crippen molar-refractivity contribution in [3.63, 3.8) is 0 Å². The van der Waals surface area contributed by atoms with E-state index in [0.717, 1.165) is 18.7 Å². The van der Waals surface area contributed by atoms with E-state index in [9.17, 15) is 0 Å². The molecule has 110 valence electrons. The molecule has 7 nitrogen and oxygen atoms in total. The summed E-state index contributed by atoms with van der Waals surface area (Å²) < 4.78 is 10.9. The molecule has 0 atom stereocenters. The van der Waals surface area contributed by atoms with Crippen LogP contribution in [0, 0.1) is 5.92 Å². The van der Waals surface area contributed by atoms with Crippen LogP contribution in [0.4, 0.5) is 6.01 Å². The highest BCUT2D eigenvalue weighted by Gasteiger charge is 2.07. The standard InChI is InChI=1S/C13H21N5O2/c1-4-10-6-15-11(19-10)8-16-13-18-17-12(20-13)7-14-5-9(2)3/h6,9,14H,4-5,7-8H2,1-3H3,(H,16,18). The van der Waals surface area contributed by atoms with Crippen molar-refractivity contribution in [3.05, 3.63) is 23.7 Å². The molecule has 20 heavy (non-hydrogen) atoms. The van der Waals surface area contributed by atoms with Crippen LogP contribution < -0.4 is 10.6 Å². The number of nitrogens with zero attached hydrogens (tertiary/aromatic N) is 3. The topological polar surface area (TPSA) is 89.0 Å². The quantitative estimate of drug-likeness (QED) is 0.763. The molecule has 0 aliphatic heterocycles. The van der Waals surface area contributed by atoms with Crippen molar-refractivity contribution < 1.29 is 8.83 Å². The van der Waals surface area contributed by atoms with Crippen LogP contribution in [0.5, 0.6) is 0 Å². The van der Waals surface area contributed by atoms with Gasteiger partial charge in [0, 0.05) is 6.42 Å². The third kappa shape index (κ3) is 4.34. The Labute approximate surface area is 118 Å². The largest absolute Gasteiger partial charge is 0.444 e. The summed E-state index contributed by atoms with van der Waals surface area (Å²) in [6.45, 7) is 8.24. The van der Waals surface area contributed by atoms with Crippen LogP contribution in [0.2, 0.25) is 0 Å². The molecule has 0 aromatic carbocycles. The molecule has 2 N–H and O–H groups in total. The fourth-order valence-corrected chi connectivity index (χ4v) is 1.61. The van der Waals surface area contributed by atoms with Gasteiger partial charge >= 0.3 is 6.01 Å². The molecule has 0 bridgehead atoms. The Hall–Kier alpha value is -1.89. The lowest BCUT2D eigenvalue weighted by Gasteiger charge is -2.03. The fourth-order valence-electron chi connectivity index (χ4n) is 1.61. The number of aryl methyl sites for hydroxylation is 1. The van der Waals surface area contributed by atoms with E-state index in [-0.39, 0.29) is 0 Å². The average Bonchev–Trinajstić information content (AvgIpc) is 3.04. The summed E-state index contributed by atoms with van der Waals surface area (Å²) in [7, 11) is 0. The fraction of sp³-hybridized carbons (Fsp3) is 0.615. The summed E-state index contributed by atoms with van der Waals surface area (Å²) in [6.07, 6.45) is 2.56. The average molecular weight is 279 g/mol. The summed E-state index contributed by atoms with van der Waals surface area (Å²) in [5.74, 6) is 2.63. The molecule has 7 heteroatoms. The Kier molecular flexibility index (Phi) is 5.11. The van der Waals surface area contributed by atoms with Gasteiger partial charge in [0.2, 0.25) is 11.8 Å². The number of oxazole rings is 1. The first-order valence-corrected chi connectivity index (χ1v) is 6.88. The number of nitrogens with one attached hydrogen (secondary N) is 2. The third-order valence-electron chi connectivity index (χ3n) is 2.64. The van der Waals surface area contributed by atoms with Gasteiger partial charge in [-0.05, 0) is 12.5 Å². The van der Waals surface area contributed by atoms with E-state index in [4.69, 9.17) is 8.83 Å². The van der Waals surface area contributed by atoms with Gasteiger partial charge in [0.1, 0.15) is 5.76 Å². The van der Waals surface area contributed by atoms with Crippen molar-refractivity contribution in [3.8, 4) is 0 Å². The lowest BCUT2D eigenvalue weighted by molar-refractivity contribution is 0.448. The molecule has 0 saturated carbocycles. The maximum atomic E-state index is 5.48. The monoisotopic (exact) mass is 279 g/mol. The predicted octanol–water partition coefficient (Wildman–Crippen LogP) is 1.98. The Bertz CT molecular complexity index is 520. The summed E-state index contributed by atoms with van der Waals surface area (Å²) in [4.78, 5) is 4.15. The van der Waals surface area contributed by atoms with Gasteiger partial charge in [-0.2, -0.15) is 0 Å². The maximum absolute atomic E-state index is 5.48. The summed E-state index contributed by atoms with van der Waals surface area (Å²) in [5.41, 5.74) is 0. The Morgan fingerprint density at radius 3 is 2.70 bits per heavy atom. The van der Waals surface area contributed by atoms with Crippen LogP contribution in [0.1, 0.15) is 38.3 Å². The zero-order chi connectivity index (χ0) is 14.4. The molecule has 0 radical (unpaired) electrons. The van der Waals surface area contributed by atoms with Crippen molar-refractivity contribution >= 4 is 6.01 Å². The highest BCUT2D eigenvalue weighted by atomic mass is 16.4. The van der Waals surface area contributed by atoms with E-state index < -0.39 is 0 Å². The molecule has 0 spiro atoms. The molecule has 0 saturated heterocycles. The Morgan fingerprint density at radius 1 is 1.15 bits per heavy atom. The summed E-state index contributed by atoms with van der Waals surface area (Å²) in [5, 5.41) is 14.1. The van der Waals surface area contributed by atoms with Gasteiger partial charge in [-0.1, -0.05) is 25.9 Å². The lowest BCUT2D eigenvalue weighted by Crippen LogP contribution is -2.19. The van der Waals surface area contributed by atoms with Crippen LogP contribution in [-0.2, 0) is 19.5 Å². The number of anilines is 1. The number of aromatic nitrogens is 3. The molecule has 0 aliphatic carbocycles. The first-order chi connectivity index (χ1) is 9.67. The second-order valence-corrected chi connectivity index (χ2v) is 4.95. The summed E-state index contributed by atoms with van der Waals surface area (Å²) in [6, 6.07) is 0.377. The van der Waals surface area contributed by atoms with Gasteiger partial charge < -0.3 is 19.5 Å².